The van der Waals surface area contributed by atoms with Crippen molar-refractivity contribution in [1.29, 1.82) is 0 Å². The summed E-state index contributed by atoms with van der Waals surface area (Å²) >= 11 is 0. The molecule has 0 saturated carbocycles. The SMILES string of the molecule is CCCCCCCCCCCCC(CN)O[Si](CN)(OC)OC. The average Bonchev–Trinajstić information content (AvgIpc) is 2.60. The maximum atomic E-state index is 5.96. The molecule has 0 aliphatic heterocycles. The summed E-state index contributed by atoms with van der Waals surface area (Å²) < 4.78 is 16.7. The Labute approximate surface area is 144 Å². The van der Waals surface area contributed by atoms with Crippen molar-refractivity contribution in [3.63, 3.8) is 0 Å². The van der Waals surface area contributed by atoms with Crippen LogP contribution in [0.15, 0.2) is 0 Å². The third-order valence-corrected chi connectivity index (χ3v) is 6.80. The van der Waals surface area contributed by atoms with Crippen LogP contribution < -0.4 is 11.5 Å². The minimum Gasteiger partial charge on any atom is -0.376 e. The molecule has 5 nitrogen and oxygen atoms in total. The van der Waals surface area contributed by atoms with E-state index in [9.17, 15) is 0 Å². The van der Waals surface area contributed by atoms with Crippen LogP contribution >= 0.6 is 0 Å². The first-order chi connectivity index (χ1) is 11.2. The van der Waals surface area contributed by atoms with Gasteiger partial charge in [-0.2, -0.15) is 0 Å². The van der Waals surface area contributed by atoms with E-state index in [0.717, 1.165) is 12.8 Å². The summed E-state index contributed by atoms with van der Waals surface area (Å²) in [6.45, 7) is 2.75. The van der Waals surface area contributed by atoms with Crippen molar-refractivity contribution < 1.29 is 13.3 Å². The number of unbranched alkanes of at least 4 members (excludes halogenated alkanes) is 9. The van der Waals surface area contributed by atoms with E-state index in [1.807, 2.05) is 0 Å². The van der Waals surface area contributed by atoms with E-state index < -0.39 is 8.80 Å². The Morgan fingerprint density at radius 3 is 1.65 bits per heavy atom. The Balaban J connectivity index is 3.68. The summed E-state index contributed by atoms with van der Waals surface area (Å²) in [6.07, 6.45) is 14.5. The lowest BCUT2D eigenvalue weighted by atomic mass is 10.0. The predicted octanol–water partition coefficient (Wildman–Crippen LogP) is 3.37. The van der Waals surface area contributed by atoms with Crippen LogP contribution in [0, 0.1) is 0 Å². The van der Waals surface area contributed by atoms with Gasteiger partial charge in [-0.3, -0.25) is 0 Å². The van der Waals surface area contributed by atoms with Gasteiger partial charge in [0, 0.05) is 20.8 Å². The van der Waals surface area contributed by atoms with E-state index in [1.165, 1.54) is 57.8 Å². The van der Waals surface area contributed by atoms with Crippen LogP contribution in [0.2, 0.25) is 0 Å². The van der Waals surface area contributed by atoms with Crippen molar-refractivity contribution in [3.05, 3.63) is 0 Å². The van der Waals surface area contributed by atoms with Gasteiger partial charge in [-0.05, 0) is 6.42 Å². The smallest absolute Gasteiger partial charge is 0.376 e. The van der Waals surface area contributed by atoms with Gasteiger partial charge in [-0.1, -0.05) is 71.1 Å². The monoisotopic (exact) mass is 348 g/mol. The summed E-state index contributed by atoms with van der Waals surface area (Å²) in [5.74, 6) is 0. The fourth-order valence-electron chi connectivity index (χ4n) is 2.73. The Bertz CT molecular complexity index is 246. The Morgan fingerprint density at radius 1 is 0.783 bits per heavy atom. The summed E-state index contributed by atoms with van der Waals surface area (Å²) in [5.41, 5.74) is 11.5. The highest BCUT2D eigenvalue weighted by Crippen LogP contribution is 2.15. The first-order valence-corrected chi connectivity index (χ1v) is 11.3. The number of hydrogen-bond acceptors (Lipinski definition) is 5. The predicted molar refractivity (Wildman–Crippen MR) is 99.2 cm³/mol. The molecule has 0 radical (unpaired) electrons. The van der Waals surface area contributed by atoms with Crippen molar-refractivity contribution in [1.82, 2.24) is 0 Å². The second-order valence-electron chi connectivity index (χ2n) is 6.24. The molecule has 0 heterocycles. The zero-order valence-corrected chi connectivity index (χ0v) is 16.6. The largest absolute Gasteiger partial charge is 0.514 e. The minimum atomic E-state index is -2.70. The van der Waals surface area contributed by atoms with Crippen LogP contribution in [0.1, 0.15) is 77.6 Å². The fourth-order valence-corrected chi connectivity index (χ4v) is 4.24. The first-order valence-electron chi connectivity index (χ1n) is 9.36. The highest BCUT2D eigenvalue weighted by Gasteiger charge is 2.39. The molecule has 23 heavy (non-hydrogen) atoms. The maximum Gasteiger partial charge on any atom is 0.514 e. The van der Waals surface area contributed by atoms with Gasteiger partial charge in [0.25, 0.3) is 0 Å². The molecule has 4 N–H and O–H groups in total. The molecular weight excluding hydrogens is 308 g/mol. The summed E-state index contributed by atoms with van der Waals surface area (Å²) in [4.78, 5) is 0. The van der Waals surface area contributed by atoms with Gasteiger partial charge >= 0.3 is 8.80 Å². The summed E-state index contributed by atoms with van der Waals surface area (Å²) in [5, 5.41) is 0. The number of nitrogens with two attached hydrogens (primary N) is 2. The second-order valence-corrected chi connectivity index (χ2v) is 9.07. The molecule has 0 aliphatic carbocycles. The molecule has 1 unspecified atom stereocenters. The molecule has 0 spiro atoms. The van der Waals surface area contributed by atoms with Gasteiger partial charge in [0.05, 0.1) is 12.3 Å². The quantitative estimate of drug-likeness (QED) is 0.311. The second kappa shape index (κ2) is 15.5. The molecule has 0 amide bonds. The maximum absolute atomic E-state index is 5.96. The molecule has 1 atom stereocenters. The lowest BCUT2D eigenvalue weighted by molar-refractivity contribution is 0.0548. The van der Waals surface area contributed by atoms with Gasteiger partial charge in [0.1, 0.15) is 0 Å². The molecule has 6 heteroatoms. The molecule has 0 bridgehead atoms. The van der Waals surface area contributed by atoms with Gasteiger partial charge in [0.2, 0.25) is 0 Å². The topological polar surface area (TPSA) is 79.7 Å². The number of hydrogen-bond donors (Lipinski definition) is 2. The van der Waals surface area contributed by atoms with Crippen LogP contribution in [0.5, 0.6) is 0 Å². The van der Waals surface area contributed by atoms with Crippen LogP contribution in [0.4, 0.5) is 0 Å². The van der Waals surface area contributed by atoms with Crippen LogP contribution in [-0.4, -0.2) is 41.8 Å². The first kappa shape index (κ1) is 23.0. The van der Waals surface area contributed by atoms with E-state index in [0.29, 0.717) is 6.54 Å². The number of rotatable bonds is 17. The molecule has 0 saturated heterocycles. The molecule has 0 aromatic carbocycles. The lowest BCUT2D eigenvalue weighted by Crippen LogP contribution is -2.54. The van der Waals surface area contributed by atoms with Crippen molar-refractivity contribution in [2.24, 2.45) is 11.5 Å². The third kappa shape index (κ3) is 11.2. The van der Waals surface area contributed by atoms with Crippen molar-refractivity contribution in [2.75, 3.05) is 26.9 Å². The van der Waals surface area contributed by atoms with E-state index in [2.05, 4.69) is 6.92 Å². The molecular formula is C17H40N2O3Si. The average molecular weight is 349 g/mol. The normalized spacial score (nSPS) is 13.4. The molecule has 140 valence electrons. The zero-order chi connectivity index (χ0) is 17.4. The third-order valence-electron chi connectivity index (χ3n) is 4.36. The molecule has 0 fully saturated rings. The Morgan fingerprint density at radius 2 is 1.26 bits per heavy atom. The molecule has 0 aromatic heterocycles. The van der Waals surface area contributed by atoms with Crippen molar-refractivity contribution in [3.8, 4) is 0 Å². The van der Waals surface area contributed by atoms with Crippen LogP contribution in [-0.2, 0) is 13.3 Å². The Kier molecular flexibility index (Phi) is 15.6. The molecule has 0 aliphatic rings. The standard InChI is InChI=1S/C17H40N2O3Si/c1-4-5-6-7-8-9-10-11-12-13-14-17(15-18)22-23(16-19,20-2)21-3/h17H,4-16,18-19H2,1-3H3. The van der Waals surface area contributed by atoms with E-state index >= 15 is 0 Å². The Hall–Kier alpha value is 0.0169. The summed E-state index contributed by atoms with van der Waals surface area (Å²) in [6, 6.07) is 0. The van der Waals surface area contributed by atoms with Crippen molar-refractivity contribution in [2.45, 2.75) is 83.7 Å². The highest BCUT2D eigenvalue weighted by molar-refractivity contribution is 6.60. The highest BCUT2D eigenvalue weighted by atomic mass is 28.4. The van der Waals surface area contributed by atoms with Crippen molar-refractivity contribution >= 4 is 8.80 Å². The lowest BCUT2D eigenvalue weighted by Gasteiger charge is -2.29. The van der Waals surface area contributed by atoms with Crippen LogP contribution in [0.25, 0.3) is 0 Å². The van der Waals surface area contributed by atoms with E-state index in [1.54, 1.807) is 14.2 Å². The van der Waals surface area contributed by atoms with Gasteiger partial charge in [-0.25, -0.2) is 0 Å². The molecule has 0 rings (SSSR count). The van der Waals surface area contributed by atoms with E-state index in [4.69, 9.17) is 24.7 Å². The van der Waals surface area contributed by atoms with Crippen LogP contribution in [0.3, 0.4) is 0 Å². The van der Waals surface area contributed by atoms with Gasteiger partial charge in [0.15, 0.2) is 0 Å². The van der Waals surface area contributed by atoms with Gasteiger partial charge < -0.3 is 24.7 Å². The van der Waals surface area contributed by atoms with Gasteiger partial charge in [-0.15, -0.1) is 0 Å². The summed E-state index contributed by atoms with van der Waals surface area (Å²) in [7, 11) is 0.487. The van der Waals surface area contributed by atoms with E-state index in [-0.39, 0.29) is 12.3 Å². The fraction of sp³-hybridized carbons (Fsp3) is 1.00. The zero-order valence-electron chi connectivity index (χ0n) is 15.6. The minimum absolute atomic E-state index is 0.0147. The molecule has 0 aromatic rings.